The van der Waals surface area contributed by atoms with Gasteiger partial charge in [0, 0.05) is 44.1 Å². The summed E-state index contributed by atoms with van der Waals surface area (Å²) >= 11 is 0. The molecule has 0 aromatic heterocycles. The minimum absolute atomic E-state index is 0.00138. The SMILES string of the molecule is CCO[C@@H]1C[C@H](N(C)C(=O)[C@H]2CCCN(C(=O)C3CC3)C2)C1(C)C. The molecule has 3 atom stereocenters. The lowest BCUT2D eigenvalue weighted by Crippen LogP contribution is -2.63. The highest BCUT2D eigenvalue weighted by atomic mass is 16.5. The van der Waals surface area contributed by atoms with Gasteiger partial charge in [0.1, 0.15) is 0 Å². The summed E-state index contributed by atoms with van der Waals surface area (Å²) in [6.45, 7) is 8.56. The molecule has 1 aliphatic heterocycles. The van der Waals surface area contributed by atoms with Crippen molar-refractivity contribution in [2.45, 2.75) is 65.0 Å². The van der Waals surface area contributed by atoms with E-state index in [0.29, 0.717) is 6.54 Å². The highest BCUT2D eigenvalue weighted by Crippen LogP contribution is 2.46. The predicted octanol–water partition coefficient (Wildman–Crippen LogP) is 2.30. The van der Waals surface area contributed by atoms with Crippen LogP contribution in [0.3, 0.4) is 0 Å². The second-order valence-corrected chi connectivity index (χ2v) is 8.36. The number of carbonyl (C=O) groups excluding carboxylic acids is 2. The van der Waals surface area contributed by atoms with Crippen molar-refractivity contribution >= 4 is 11.8 Å². The first-order chi connectivity index (χ1) is 11.4. The van der Waals surface area contributed by atoms with Crippen LogP contribution < -0.4 is 0 Å². The summed E-state index contributed by atoms with van der Waals surface area (Å²) in [6.07, 6.45) is 5.06. The maximum Gasteiger partial charge on any atom is 0.227 e. The highest BCUT2D eigenvalue weighted by Gasteiger charge is 2.52. The molecule has 0 radical (unpaired) electrons. The van der Waals surface area contributed by atoms with Crippen LogP contribution >= 0.6 is 0 Å². The Balaban J connectivity index is 1.58. The Bertz CT molecular complexity index is 501. The molecule has 3 aliphatic rings. The molecule has 0 aromatic carbocycles. The second-order valence-electron chi connectivity index (χ2n) is 8.36. The van der Waals surface area contributed by atoms with E-state index in [4.69, 9.17) is 4.74 Å². The zero-order valence-corrected chi connectivity index (χ0v) is 15.6. The predicted molar refractivity (Wildman–Crippen MR) is 92.4 cm³/mol. The minimum atomic E-state index is -0.0339. The van der Waals surface area contributed by atoms with Gasteiger partial charge in [-0.3, -0.25) is 9.59 Å². The summed E-state index contributed by atoms with van der Waals surface area (Å²) in [5, 5.41) is 0. The van der Waals surface area contributed by atoms with Gasteiger partial charge in [0.2, 0.25) is 11.8 Å². The van der Waals surface area contributed by atoms with E-state index in [1.54, 1.807) is 0 Å². The molecular weight excluding hydrogens is 304 g/mol. The zero-order valence-electron chi connectivity index (χ0n) is 15.6. The fourth-order valence-corrected chi connectivity index (χ4v) is 4.41. The van der Waals surface area contributed by atoms with Gasteiger partial charge in [-0.25, -0.2) is 0 Å². The van der Waals surface area contributed by atoms with Crippen LogP contribution in [0, 0.1) is 17.3 Å². The van der Waals surface area contributed by atoms with E-state index in [-0.39, 0.29) is 41.2 Å². The van der Waals surface area contributed by atoms with E-state index in [1.165, 1.54) is 0 Å². The van der Waals surface area contributed by atoms with Crippen molar-refractivity contribution < 1.29 is 14.3 Å². The molecule has 24 heavy (non-hydrogen) atoms. The molecule has 0 spiro atoms. The van der Waals surface area contributed by atoms with Crippen molar-refractivity contribution in [2.24, 2.45) is 17.3 Å². The molecule has 136 valence electrons. The van der Waals surface area contributed by atoms with Gasteiger partial charge in [0.15, 0.2) is 0 Å². The number of ether oxygens (including phenoxy) is 1. The summed E-state index contributed by atoms with van der Waals surface area (Å²) < 4.78 is 5.79. The maximum atomic E-state index is 13.0. The molecule has 3 fully saturated rings. The van der Waals surface area contributed by atoms with Crippen LogP contribution in [0.4, 0.5) is 0 Å². The van der Waals surface area contributed by atoms with E-state index < -0.39 is 0 Å². The summed E-state index contributed by atoms with van der Waals surface area (Å²) in [6, 6.07) is 0.232. The van der Waals surface area contributed by atoms with Gasteiger partial charge in [-0.2, -0.15) is 0 Å². The molecule has 0 bridgehead atoms. The van der Waals surface area contributed by atoms with Crippen molar-refractivity contribution in [2.75, 3.05) is 26.7 Å². The van der Waals surface area contributed by atoms with Gasteiger partial charge < -0.3 is 14.5 Å². The quantitative estimate of drug-likeness (QED) is 0.774. The van der Waals surface area contributed by atoms with Crippen LogP contribution in [0.1, 0.15) is 52.9 Å². The van der Waals surface area contributed by atoms with Gasteiger partial charge in [-0.1, -0.05) is 13.8 Å². The van der Waals surface area contributed by atoms with Crippen molar-refractivity contribution in [3.8, 4) is 0 Å². The maximum absolute atomic E-state index is 13.0. The first-order valence-electron chi connectivity index (χ1n) is 9.53. The van der Waals surface area contributed by atoms with Gasteiger partial charge in [-0.05, 0) is 39.0 Å². The standard InChI is InChI=1S/C19H32N2O3/c1-5-24-16-11-15(19(16,2)3)20(4)17(22)14-7-6-10-21(12-14)18(23)13-8-9-13/h13-16H,5-12H2,1-4H3/t14-,15-,16+/m0/s1. The Morgan fingerprint density at radius 1 is 1.21 bits per heavy atom. The van der Waals surface area contributed by atoms with Crippen molar-refractivity contribution in [1.82, 2.24) is 9.80 Å². The number of likely N-dealkylation sites (tertiary alicyclic amines) is 1. The number of carbonyl (C=O) groups is 2. The molecule has 0 unspecified atom stereocenters. The van der Waals surface area contributed by atoms with Gasteiger partial charge in [0.05, 0.1) is 12.0 Å². The molecule has 3 rings (SSSR count). The van der Waals surface area contributed by atoms with Crippen molar-refractivity contribution in [1.29, 1.82) is 0 Å². The summed E-state index contributed by atoms with van der Waals surface area (Å²) in [5.41, 5.74) is -0.00138. The number of piperidine rings is 1. The third-order valence-corrected chi connectivity index (χ3v) is 6.32. The molecular formula is C19H32N2O3. The van der Waals surface area contributed by atoms with Gasteiger partial charge >= 0.3 is 0 Å². The normalized spacial score (nSPS) is 32.2. The number of nitrogens with zero attached hydrogens (tertiary/aromatic N) is 2. The number of hydrogen-bond donors (Lipinski definition) is 0. The van der Waals surface area contributed by atoms with Crippen molar-refractivity contribution in [3.63, 3.8) is 0 Å². The second kappa shape index (κ2) is 6.66. The third-order valence-electron chi connectivity index (χ3n) is 6.32. The molecule has 5 heteroatoms. The van der Waals surface area contributed by atoms with Gasteiger partial charge in [-0.15, -0.1) is 0 Å². The number of amides is 2. The van der Waals surface area contributed by atoms with Crippen LogP contribution in [-0.2, 0) is 14.3 Å². The Kier molecular flexibility index (Phi) is 4.92. The lowest BCUT2D eigenvalue weighted by molar-refractivity contribution is -0.167. The van der Waals surface area contributed by atoms with E-state index in [1.807, 2.05) is 23.8 Å². The number of rotatable bonds is 5. The van der Waals surface area contributed by atoms with Crippen molar-refractivity contribution in [3.05, 3.63) is 0 Å². The van der Waals surface area contributed by atoms with E-state index in [2.05, 4.69) is 13.8 Å². The fourth-order valence-electron chi connectivity index (χ4n) is 4.41. The minimum Gasteiger partial charge on any atom is -0.378 e. The summed E-state index contributed by atoms with van der Waals surface area (Å²) in [4.78, 5) is 29.2. The van der Waals surface area contributed by atoms with E-state index >= 15 is 0 Å². The lowest BCUT2D eigenvalue weighted by atomic mass is 9.63. The zero-order chi connectivity index (χ0) is 17.5. The third kappa shape index (κ3) is 3.19. The van der Waals surface area contributed by atoms with E-state index in [0.717, 1.165) is 45.3 Å². The molecule has 2 aliphatic carbocycles. The monoisotopic (exact) mass is 336 g/mol. The first-order valence-corrected chi connectivity index (χ1v) is 9.53. The number of hydrogen-bond acceptors (Lipinski definition) is 3. The van der Waals surface area contributed by atoms with Crippen LogP contribution in [-0.4, -0.2) is 60.5 Å². The largest absolute Gasteiger partial charge is 0.378 e. The van der Waals surface area contributed by atoms with Crippen LogP contribution in [0.2, 0.25) is 0 Å². The van der Waals surface area contributed by atoms with Crippen LogP contribution in [0.25, 0.3) is 0 Å². The molecule has 0 N–H and O–H groups in total. The molecule has 2 amide bonds. The summed E-state index contributed by atoms with van der Waals surface area (Å²) in [5.74, 6) is 0.689. The Morgan fingerprint density at radius 3 is 2.50 bits per heavy atom. The fraction of sp³-hybridized carbons (Fsp3) is 0.895. The lowest BCUT2D eigenvalue weighted by Gasteiger charge is -2.55. The topological polar surface area (TPSA) is 49.9 Å². The molecule has 0 aromatic rings. The average Bonchev–Trinajstić information content (AvgIpc) is 3.41. The smallest absolute Gasteiger partial charge is 0.227 e. The first kappa shape index (κ1) is 17.7. The Hall–Kier alpha value is -1.10. The van der Waals surface area contributed by atoms with Gasteiger partial charge in [0.25, 0.3) is 0 Å². The van der Waals surface area contributed by atoms with E-state index in [9.17, 15) is 9.59 Å². The van der Waals surface area contributed by atoms with Crippen LogP contribution in [0.15, 0.2) is 0 Å². The molecule has 5 nitrogen and oxygen atoms in total. The van der Waals surface area contributed by atoms with Crippen LogP contribution in [0.5, 0.6) is 0 Å². The summed E-state index contributed by atoms with van der Waals surface area (Å²) in [7, 11) is 1.93. The highest BCUT2D eigenvalue weighted by molar-refractivity contribution is 5.83. The average molecular weight is 336 g/mol. The Morgan fingerprint density at radius 2 is 1.92 bits per heavy atom. The Labute approximate surface area is 145 Å². The molecule has 1 heterocycles. The molecule has 1 saturated heterocycles. The molecule has 2 saturated carbocycles.